The fourth-order valence-corrected chi connectivity index (χ4v) is 4.00. The van der Waals surface area contributed by atoms with Crippen LogP contribution >= 0.6 is 0 Å². The molecule has 162 valence electrons. The zero-order chi connectivity index (χ0) is 21.9. The van der Waals surface area contributed by atoms with Crippen molar-refractivity contribution in [3.63, 3.8) is 0 Å². The van der Waals surface area contributed by atoms with Crippen molar-refractivity contribution in [2.24, 2.45) is 0 Å². The first-order chi connectivity index (χ1) is 13.4. The van der Waals surface area contributed by atoms with E-state index >= 15 is 0 Å². The fourth-order valence-electron chi connectivity index (χ4n) is 2.99. The van der Waals surface area contributed by atoms with Gasteiger partial charge in [0, 0.05) is 6.54 Å². The Balaban J connectivity index is 2.05. The second kappa shape index (κ2) is 9.15. The number of nitrogens with zero attached hydrogens (tertiary/aromatic N) is 1. The summed E-state index contributed by atoms with van der Waals surface area (Å²) < 4.78 is 23.8. The zero-order valence-corrected chi connectivity index (χ0v) is 20.0. The molecular formula is C22H36N2O4Si. The van der Waals surface area contributed by atoms with Gasteiger partial charge in [0.15, 0.2) is 14.1 Å². The SMILES string of the molecule is COc1ccc(CNC(C#N)[C@H]2OC(C)(C)O[C@@H]2CO[Si](C)(C)C(C)(C)C)cc1. The highest BCUT2D eigenvalue weighted by molar-refractivity contribution is 6.74. The van der Waals surface area contributed by atoms with Gasteiger partial charge in [-0.1, -0.05) is 32.9 Å². The van der Waals surface area contributed by atoms with E-state index in [4.69, 9.17) is 18.6 Å². The van der Waals surface area contributed by atoms with E-state index in [0.717, 1.165) is 11.3 Å². The molecule has 1 N–H and O–H groups in total. The number of nitrogens with one attached hydrogen (secondary N) is 1. The fraction of sp³-hybridized carbons (Fsp3) is 0.682. The number of rotatable bonds is 8. The van der Waals surface area contributed by atoms with Crippen LogP contribution in [0.1, 0.15) is 40.2 Å². The Morgan fingerprint density at radius 2 is 1.83 bits per heavy atom. The summed E-state index contributed by atoms with van der Waals surface area (Å²) in [5.41, 5.74) is 1.07. The Hall–Kier alpha value is -1.43. The summed E-state index contributed by atoms with van der Waals surface area (Å²) in [6, 6.07) is 9.62. The molecule has 3 atom stereocenters. The van der Waals surface area contributed by atoms with Gasteiger partial charge in [-0.2, -0.15) is 5.26 Å². The van der Waals surface area contributed by atoms with E-state index in [2.05, 4.69) is 45.3 Å². The Labute approximate surface area is 176 Å². The molecule has 1 aromatic carbocycles. The Morgan fingerprint density at radius 1 is 1.21 bits per heavy atom. The van der Waals surface area contributed by atoms with Gasteiger partial charge in [-0.25, -0.2) is 0 Å². The quantitative estimate of drug-likeness (QED) is 0.635. The minimum absolute atomic E-state index is 0.110. The molecule has 1 aromatic rings. The first-order valence-corrected chi connectivity index (χ1v) is 13.0. The normalized spacial score (nSPS) is 22.9. The van der Waals surface area contributed by atoms with Crippen LogP contribution < -0.4 is 10.1 Å². The van der Waals surface area contributed by atoms with E-state index in [1.165, 1.54) is 0 Å². The lowest BCUT2D eigenvalue weighted by Gasteiger charge is -2.37. The molecule has 0 bridgehead atoms. The predicted octanol–water partition coefficient (Wildman–Crippen LogP) is 4.22. The van der Waals surface area contributed by atoms with E-state index in [1.54, 1.807) is 7.11 Å². The van der Waals surface area contributed by atoms with Crippen LogP contribution in [0.5, 0.6) is 5.75 Å². The highest BCUT2D eigenvalue weighted by atomic mass is 28.4. The molecular weight excluding hydrogens is 384 g/mol. The first kappa shape index (κ1) is 23.8. The van der Waals surface area contributed by atoms with Gasteiger partial charge in [-0.05, 0) is 49.7 Å². The lowest BCUT2D eigenvalue weighted by molar-refractivity contribution is -0.149. The molecule has 0 spiro atoms. The summed E-state index contributed by atoms with van der Waals surface area (Å²) >= 11 is 0. The Kier molecular flexibility index (Phi) is 7.52. The third-order valence-electron chi connectivity index (χ3n) is 5.79. The van der Waals surface area contributed by atoms with Crippen molar-refractivity contribution in [2.45, 2.75) is 83.3 Å². The van der Waals surface area contributed by atoms with Crippen molar-refractivity contribution < 1.29 is 18.6 Å². The predicted molar refractivity (Wildman–Crippen MR) is 116 cm³/mol. The summed E-state index contributed by atoms with van der Waals surface area (Å²) in [5, 5.41) is 13.2. The Bertz CT molecular complexity index is 707. The summed E-state index contributed by atoms with van der Waals surface area (Å²) in [6.07, 6.45) is -0.704. The van der Waals surface area contributed by atoms with Gasteiger partial charge in [0.05, 0.1) is 19.8 Å². The van der Waals surface area contributed by atoms with Gasteiger partial charge < -0.3 is 18.6 Å². The van der Waals surface area contributed by atoms with Crippen LogP contribution in [0.4, 0.5) is 0 Å². The molecule has 0 saturated carbocycles. The summed E-state index contributed by atoms with van der Waals surface area (Å²) in [7, 11) is -0.281. The molecule has 1 saturated heterocycles. The molecule has 0 aromatic heterocycles. The molecule has 1 aliphatic heterocycles. The summed E-state index contributed by atoms with van der Waals surface area (Å²) in [6.45, 7) is 15.8. The van der Waals surface area contributed by atoms with E-state index < -0.39 is 26.3 Å². The summed E-state index contributed by atoms with van der Waals surface area (Å²) in [4.78, 5) is 0. The maximum Gasteiger partial charge on any atom is 0.192 e. The van der Waals surface area contributed by atoms with Gasteiger partial charge in [0.1, 0.15) is 24.0 Å². The minimum Gasteiger partial charge on any atom is -0.497 e. The molecule has 6 nitrogen and oxygen atoms in total. The molecule has 1 unspecified atom stereocenters. The van der Waals surface area contributed by atoms with Crippen LogP contribution in [0.25, 0.3) is 0 Å². The summed E-state index contributed by atoms with van der Waals surface area (Å²) in [5.74, 6) is 0.0611. The first-order valence-electron chi connectivity index (χ1n) is 10.1. The maximum atomic E-state index is 9.79. The second-order valence-corrected chi connectivity index (χ2v) is 14.4. The monoisotopic (exact) mass is 420 g/mol. The largest absolute Gasteiger partial charge is 0.497 e. The number of benzene rings is 1. The number of ether oxygens (including phenoxy) is 3. The van der Waals surface area contributed by atoms with Crippen molar-refractivity contribution in [2.75, 3.05) is 13.7 Å². The number of nitriles is 1. The highest BCUT2D eigenvalue weighted by Gasteiger charge is 2.47. The molecule has 0 amide bonds. The third-order valence-corrected chi connectivity index (χ3v) is 10.3. The van der Waals surface area contributed by atoms with E-state index in [0.29, 0.717) is 13.2 Å². The molecule has 0 aliphatic carbocycles. The molecule has 0 radical (unpaired) electrons. The van der Waals surface area contributed by atoms with E-state index in [1.807, 2.05) is 38.1 Å². The van der Waals surface area contributed by atoms with Crippen molar-refractivity contribution in [1.82, 2.24) is 5.32 Å². The molecule has 1 aliphatic rings. The number of hydrogen-bond donors (Lipinski definition) is 1. The van der Waals surface area contributed by atoms with Crippen LogP contribution in [0.15, 0.2) is 24.3 Å². The third kappa shape index (κ3) is 6.27. The van der Waals surface area contributed by atoms with Crippen LogP contribution in [-0.4, -0.2) is 46.1 Å². The number of hydrogen-bond acceptors (Lipinski definition) is 6. The average molecular weight is 421 g/mol. The molecule has 29 heavy (non-hydrogen) atoms. The molecule has 2 rings (SSSR count). The standard InChI is InChI=1S/C22H36N2O4Si/c1-21(2,3)29(7,8)26-15-19-20(28-22(4,5)27-19)18(13-23)24-14-16-9-11-17(25-6)12-10-16/h9-12,18-20,24H,14-15H2,1-8H3/t18?,19-,20-/m1/s1. The lowest BCUT2D eigenvalue weighted by atomic mass is 10.1. The van der Waals surface area contributed by atoms with Crippen LogP contribution in [0, 0.1) is 11.3 Å². The zero-order valence-electron chi connectivity index (χ0n) is 19.0. The van der Waals surface area contributed by atoms with Crippen molar-refractivity contribution in [3.8, 4) is 11.8 Å². The average Bonchev–Trinajstić information content (AvgIpc) is 2.95. The van der Waals surface area contributed by atoms with Crippen LogP contribution in [-0.2, 0) is 20.4 Å². The minimum atomic E-state index is -1.92. The smallest absolute Gasteiger partial charge is 0.192 e. The van der Waals surface area contributed by atoms with Crippen LogP contribution in [0.3, 0.4) is 0 Å². The molecule has 7 heteroatoms. The maximum absolute atomic E-state index is 9.79. The lowest BCUT2D eigenvalue weighted by Crippen LogP contribution is -2.48. The van der Waals surface area contributed by atoms with Crippen molar-refractivity contribution in [1.29, 1.82) is 5.26 Å². The topological polar surface area (TPSA) is 72.7 Å². The van der Waals surface area contributed by atoms with Gasteiger partial charge in [0.25, 0.3) is 0 Å². The molecule has 1 fully saturated rings. The van der Waals surface area contributed by atoms with Gasteiger partial charge in [0.2, 0.25) is 0 Å². The second-order valence-electron chi connectivity index (χ2n) is 9.55. The number of methoxy groups -OCH3 is 1. The van der Waals surface area contributed by atoms with E-state index in [9.17, 15) is 5.26 Å². The van der Waals surface area contributed by atoms with Crippen molar-refractivity contribution in [3.05, 3.63) is 29.8 Å². The van der Waals surface area contributed by atoms with Crippen LogP contribution in [0.2, 0.25) is 18.1 Å². The van der Waals surface area contributed by atoms with Gasteiger partial charge >= 0.3 is 0 Å². The van der Waals surface area contributed by atoms with Gasteiger partial charge in [-0.15, -0.1) is 0 Å². The van der Waals surface area contributed by atoms with E-state index in [-0.39, 0.29) is 11.1 Å². The molecule has 1 heterocycles. The Morgan fingerprint density at radius 3 is 2.34 bits per heavy atom. The van der Waals surface area contributed by atoms with Crippen molar-refractivity contribution >= 4 is 8.32 Å². The van der Waals surface area contributed by atoms with Gasteiger partial charge in [-0.3, -0.25) is 5.32 Å². The highest BCUT2D eigenvalue weighted by Crippen LogP contribution is 2.38.